The minimum atomic E-state index is -0.318. The van der Waals surface area contributed by atoms with E-state index in [1.807, 2.05) is 91.0 Å². The van der Waals surface area contributed by atoms with E-state index in [2.05, 4.69) is 153 Å². The fraction of sp³-hybridized carbons (Fsp3) is 0.0656. The van der Waals surface area contributed by atoms with E-state index in [0.29, 0.717) is 16.7 Å². The van der Waals surface area contributed by atoms with Crippen LogP contribution in [0.15, 0.2) is 200 Å². The molecule has 10 aromatic rings. The molecule has 1 heterocycles. The normalized spacial score (nSPS) is 11.3. The standard InChI is InChI=1S/C61H42N4/c1-61(2,3)52-30-16-13-29-51(52)60-58(47-25-11-8-22-43(47)38-63)56(41-33-35-45(36-34-41)65-53-31-17-14-27-49(53)50-28-15-18-32-54(50)65)55(40-19-5-4-6-20-40)57(46-24-10-7-21-42(46)37-62)59(60)48-26-12-9-23-44(48)39-64/h4-36H,1-3H3. The van der Waals surface area contributed by atoms with E-state index < -0.39 is 0 Å². The zero-order valence-corrected chi connectivity index (χ0v) is 36.3. The summed E-state index contributed by atoms with van der Waals surface area (Å²) in [6, 6.07) is 75.6. The van der Waals surface area contributed by atoms with Crippen LogP contribution < -0.4 is 0 Å². The summed E-state index contributed by atoms with van der Waals surface area (Å²) in [6.45, 7) is 6.66. The van der Waals surface area contributed by atoms with Crippen LogP contribution in [0.1, 0.15) is 43.0 Å². The van der Waals surface area contributed by atoms with Gasteiger partial charge >= 0.3 is 0 Å². The molecule has 0 saturated carbocycles. The van der Waals surface area contributed by atoms with Crippen LogP contribution in [0.2, 0.25) is 0 Å². The maximum Gasteiger partial charge on any atom is 0.0998 e. The first-order valence-corrected chi connectivity index (χ1v) is 21.8. The van der Waals surface area contributed by atoms with Crippen molar-refractivity contribution in [2.24, 2.45) is 0 Å². The molecular weight excluding hydrogens is 789 g/mol. The van der Waals surface area contributed by atoms with Gasteiger partial charge in [0.25, 0.3) is 0 Å². The zero-order valence-electron chi connectivity index (χ0n) is 36.3. The first-order valence-electron chi connectivity index (χ1n) is 21.8. The minimum absolute atomic E-state index is 0.318. The van der Waals surface area contributed by atoms with Crippen LogP contribution in [-0.2, 0) is 5.41 Å². The second-order valence-electron chi connectivity index (χ2n) is 17.3. The molecule has 65 heavy (non-hydrogen) atoms. The van der Waals surface area contributed by atoms with Crippen LogP contribution in [-0.4, -0.2) is 4.57 Å². The van der Waals surface area contributed by atoms with Crippen molar-refractivity contribution < 1.29 is 0 Å². The van der Waals surface area contributed by atoms with E-state index in [1.54, 1.807) is 0 Å². The lowest BCUT2D eigenvalue weighted by molar-refractivity contribution is 0.592. The molecule has 0 unspecified atom stereocenters. The Kier molecular flexibility index (Phi) is 10.2. The Labute approximate surface area is 379 Å². The van der Waals surface area contributed by atoms with Crippen molar-refractivity contribution in [3.05, 3.63) is 222 Å². The molecule has 0 aliphatic rings. The third-order valence-electron chi connectivity index (χ3n) is 12.5. The van der Waals surface area contributed by atoms with Crippen molar-refractivity contribution in [2.45, 2.75) is 26.2 Å². The highest BCUT2D eigenvalue weighted by molar-refractivity contribution is 6.17. The fourth-order valence-electron chi connectivity index (χ4n) is 9.74. The largest absolute Gasteiger partial charge is 0.309 e. The minimum Gasteiger partial charge on any atom is -0.309 e. The van der Waals surface area contributed by atoms with Crippen LogP contribution in [0.3, 0.4) is 0 Å². The topological polar surface area (TPSA) is 76.3 Å². The molecule has 0 amide bonds. The maximum absolute atomic E-state index is 11.0. The predicted octanol–water partition coefficient (Wildman–Crippen LogP) is 15.7. The van der Waals surface area contributed by atoms with Crippen molar-refractivity contribution in [3.8, 4) is 90.7 Å². The summed E-state index contributed by atoms with van der Waals surface area (Å²) >= 11 is 0. The molecule has 0 N–H and O–H groups in total. The van der Waals surface area contributed by atoms with Crippen molar-refractivity contribution in [2.75, 3.05) is 0 Å². The smallest absolute Gasteiger partial charge is 0.0998 e. The molecular formula is C61H42N4. The monoisotopic (exact) mass is 830 g/mol. The first kappa shape index (κ1) is 40.3. The summed E-state index contributed by atoms with van der Waals surface area (Å²) in [7, 11) is 0. The van der Waals surface area contributed by atoms with Crippen LogP contribution in [0.25, 0.3) is 94.3 Å². The number of benzene rings is 9. The average Bonchev–Trinajstić information content (AvgIpc) is 3.70. The highest BCUT2D eigenvalue weighted by Gasteiger charge is 2.33. The van der Waals surface area contributed by atoms with Gasteiger partial charge in [0.1, 0.15) is 0 Å². The quantitative estimate of drug-likeness (QED) is 0.160. The average molecular weight is 831 g/mol. The van der Waals surface area contributed by atoms with Crippen LogP contribution in [0.4, 0.5) is 0 Å². The lowest BCUT2D eigenvalue weighted by Crippen LogP contribution is -2.14. The molecule has 0 fully saturated rings. The van der Waals surface area contributed by atoms with Gasteiger partial charge in [-0.3, -0.25) is 0 Å². The number of nitriles is 3. The SMILES string of the molecule is CC(C)(C)c1ccccc1-c1c(-c2ccccc2C#N)c(-c2ccc(-n3c4ccccc4c4ccccc43)cc2)c(-c2ccccc2)c(-c2ccccc2C#N)c1-c1ccccc1C#N. The van der Waals surface area contributed by atoms with Crippen molar-refractivity contribution in [1.29, 1.82) is 15.8 Å². The molecule has 306 valence electrons. The van der Waals surface area contributed by atoms with Gasteiger partial charge in [-0.1, -0.05) is 178 Å². The Balaban J connectivity index is 1.48. The van der Waals surface area contributed by atoms with E-state index in [4.69, 9.17) is 0 Å². The molecule has 0 radical (unpaired) electrons. The lowest BCUT2D eigenvalue weighted by Gasteiger charge is -2.32. The zero-order chi connectivity index (χ0) is 44.7. The molecule has 0 aliphatic carbocycles. The summed E-state index contributed by atoms with van der Waals surface area (Å²) in [4.78, 5) is 0. The highest BCUT2D eigenvalue weighted by atomic mass is 15.0. The van der Waals surface area contributed by atoms with E-state index >= 15 is 0 Å². The van der Waals surface area contributed by atoms with Gasteiger partial charge in [-0.05, 0) is 104 Å². The summed E-state index contributed by atoms with van der Waals surface area (Å²) in [6.07, 6.45) is 0. The van der Waals surface area contributed by atoms with E-state index in [0.717, 1.165) is 89.0 Å². The number of nitrogens with zero attached hydrogens (tertiary/aromatic N) is 4. The number of hydrogen-bond acceptors (Lipinski definition) is 3. The molecule has 9 aromatic carbocycles. The number of aromatic nitrogens is 1. The second-order valence-corrected chi connectivity index (χ2v) is 17.3. The molecule has 10 rings (SSSR count). The third kappa shape index (κ3) is 6.85. The summed E-state index contributed by atoms with van der Waals surface area (Å²) < 4.78 is 2.32. The number of hydrogen-bond donors (Lipinski definition) is 0. The maximum atomic E-state index is 11.0. The van der Waals surface area contributed by atoms with Gasteiger partial charge in [0.05, 0.1) is 45.9 Å². The van der Waals surface area contributed by atoms with E-state index in [1.165, 1.54) is 10.8 Å². The number of rotatable bonds is 7. The van der Waals surface area contributed by atoms with Gasteiger partial charge in [-0.15, -0.1) is 0 Å². The third-order valence-corrected chi connectivity index (χ3v) is 12.5. The van der Waals surface area contributed by atoms with Crippen LogP contribution in [0, 0.1) is 34.0 Å². The number of fused-ring (bicyclic) bond motifs is 3. The van der Waals surface area contributed by atoms with Crippen LogP contribution >= 0.6 is 0 Å². The van der Waals surface area contributed by atoms with Gasteiger partial charge in [-0.25, -0.2) is 0 Å². The van der Waals surface area contributed by atoms with Gasteiger partial charge in [0.2, 0.25) is 0 Å². The first-order chi connectivity index (χ1) is 31.8. The molecule has 0 aliphatic heterocycles. The molecule has 1 aromatic heterocycles. The Bertz CT molecular complexity index is 3550. The molecule has 0 bridgehead atoms. The Morgan fingerprint density at radius 1 is 0.338 bits per heavy atom. The lowest BCUT2D eigenvalue weighted by atomic mass is 9.70. The molecule has 0 atom stereocenters. The van der Waals surface area contributed by atoms with Crippen molar-refractivity contribution >= 4 is 21.8 Å². The molecule has 0 spiro atoms. The van der Waals surface area contributed by atoms with Gasteiger partial charge in [-0.2, -0.15) is 15.8 Å². The molecule has 0 saturated heterocycles. The van der Waals surface area contributed by atoms with Gasteiger partial charge in [0, 0.05) is 33.2 Å². The Hall–Kier alpha value is -8.75. The second kappa shape index (κ2) is 16.5. The van der Waals surface area contributed by atoms with Gasteiger partial charge in [0.15, 0.2) is 0 Å². The fourth-order valence-corrected chi connectivity index (χ4v) is 9.74. The summed E-state index contributed by atoms with van der Waals surface area (Å²) in [5.74, 6) is 0. The van der Waals surface area contributed by atoms with Gasteiger partial charge < -0.3 is 4.57 Å². The predicted molar refractivity (Wildman–Crippen MR) is 266 cm³/mol. The Morgan fingerprint density at radius 3 is 1.15 bits per heavy atom. The molecule has 4 nitrogen and oxygen atoms in total. The summed E-state index contributed by atoms with van der Waals surface area (Å²) in [5.41, 5.74) is 15.8. The molecule has 4 heteroatoms. The van der Waals surface area contributed by atoms with E-state index in [9.17, 15) is 15.8 Å². The van der Waals surface area contributed by atoms with E-state index in [-0.39, 0.29) is 5.41 Å². The Morgan fingerprint density at radius 2 is 0.692 bits per heavy atom. The summed E-state index contributed by atoms with van der Waals surface area (Å²) in [5, 5.41) is 35.3. The highest BCUT2D eigenvalue weighted by Crippen LogP contribution is 2.58. The van der Waals surface area contributed by atoms with Crippen LogP contribution in [0.5, 0.6) is 0 Å². The number of para-hydroxylation sites is 2. The van der Waals surface area contributed by atoms with Crippen molar-refractivity contribution in [1.82, 2.24) is 4.57 Å². The van der Waals surface area contributed by atoms with Crippen molar-refractivity contribution in [3.63, 3.8) is 0 Å².